The van der Waals surface area contributed by atoms with E-state index in [9.17, 15) is 13.2 Å². The number of benzene rings is 3. The number of carbonyl (C=O) groups excluding carboxylic acids is 1. The summed E-state index contributed by atoms with van der Waals surface area (Å²) in [6.45, 7) is 5.25. The van der Waals surface area contributed by atoms with Gasteiger partial charge in [-0.1, -0.05) is 59.6 Å². The lowest BCUT2D eigenvalue weighted by Crippen LogP contribution is -2.51. The second-order valence-electron chi connectivity index (χ2n) is 8.65. The van der Waals surface area contributed by atoms with Gasteiger partial charge in [-0.3, -0.25) is 9.69 Å². The number of amides is 1. The van der Waals surface area contributed by atoms with Crippen molar-refractivity contribution < 1.29 is 13.2 Å². The molecule has 1 atom stereocenters. The predicted molar refractivity (Wildman–Crippen MR) is 141 cm³/mol. The molecule has 3 aromatic rings. The van der Waals surface area contributed by atoms with Crippen LogP contribution in [0.3, 0.4) is 0 Å². The molecule has 6 nitrogen and oxygen atoms in total. The van der Waals surface area contributed by atoms with E-state index in [1.165, 1.54) is 4.31 Å². The van der Waals surface area contributed by atoms with Gasteiger partial charge in [-0.15, -0.1) is 0 Å². The van der Waals surface area contributed by atoms with Crippen molar-refractivity contribution in [3.63, 3.8) is 0 Å². The smallest absolute Gasteiger partial charge is 0.246 e. The molecule has 3 aromatic carbocycles. The number of piperazine rings is 1. The number of halogens is 2. The number of hydrogen-bond donors (Lipinski definition) is 1. The molecular weight excluding hydrogens is 505 g/mol. The van der Waals surface area contributed by atoms with Crippen molar-refractivity contribution in [2.24, 2.45) is 0 Å². The highest BCUT2D eigenvalue weighted by Gasteiger charge is 2.34. The topological polar surface area (TPSA) is 69.7 Å². The summed E-state index contributed by atoms with van der Waals surface area (Å²) in [6, 6.07) is 18.9. The molecule has 1 saturated heterocycles. The molecule has 35 heavy (non-hydrogen) atoms. The first kappa shape index (κ1) is 25.7. The Morgan fingerprint density at radius 3 is 2.09 bits per heavy atom. The Bertz CT molecular complexity index is 1300. The van der Waals surface area contributed by atoms with Crippen LogP contribution in [0.15, 0.2) is 71.6 Å². The predicted octanol–water partition coefficient (Wildman–Crippen LogP) is 5.30. The van der Waals surface area contributed by atoms with Gasteiger partial charge in [0.1, 0.15) is 6.04 Å². The molecule has 1 N–H and O–H groups in total. The fourth-order valence-corrected chi connectivity index (χ4v) is 6.26. The van der Waals surface area contributed by atoms with Gasteiger partial charge in [0.05, 0.1) is 4.90 Å². The molecule has 1 aliphatic heterocycles. The zero-order chi connectivity index (χ0) is 25.2. The van der Waals surface area contributed by atoms with Gasteiger partial charge in [0.25, 0.3) is 0 Å². The molecule has 1 heterocycles. The Hall–Kier alpha value is -2.42. The Kier molecular flexibility index (Phi) is 7.83. The third kappa shape index (κ3) is 5.88. The maximum absolute atomic E-state index is 13.4. The van der Waals surface area contributed by atoms with Gasteiger partial charge in [-0.2, -0.15) is 4.31 Å². The summed E-state index contributed by atoms with van der Waals surface area (Å²) >= 11 is 12.2. The first-order valence-electron chi connectivity index (χ1n) is 11.3. The van der Waals surface area contributed by atoms with Crippen LogP contribution in [-0.2, 0) is 14.8 Å². The molecule has 0 aliphatic carbocycles. The van der Waals surface area contributed by atoms with E-state index in [2.05, 4.69) is 5.32 Å². The van der Waals surface area contributed by atoms with E-state index in [4.69, 9.17) is 23.2 Å². The van der Waals surface area contributed by atoms with Gasteiger partial charge in [-0.25, -0.2) is 8.42 Å². The highest BCUT2D eigenvalue weighted by atomic mass is 35.5. The van der Waals surface area contributed by atoms with Crippen LogP contribution in [0.25, 0.3) is 0 Å². The molecule has 1 amide bonds. The van der Waals surface area contributed by atoms with Crippen LogP contribution in [0.5, 0.6) is 0 Å². The third-order valence-electron chi connectivity index (χ3n) is 6.25. The Labute approximate surface area is 216 Å². The monoisotopic (exact) mass is 531 g/mol. The molecule has 0 radical (unpaired) electrons. The molecule has 1 aliphatic rings. The quantitative estimate of drug-likeness (QED) is 0.468. The average Bonchev–Trinajstić information content (AvgIpc) is 2.81. The Morgan fingerprint density at radius 1 is 0.857 bits per heavy atom. The normalized spacial score (nSPS) is 16.1. The van der Waals surface area contributed by atoms with Crippen molar-refractivity contribution in [3.8, 4) is 0 Å². The van der Waals surface area contributed by atoms with Gasteiger partial charge in [0.15, 0.2) is 0 Å². The molecule has 0 bridgehead atoms. The summed E-state index contributed by atoms with van der Waals surface area (Å²) in [4.78, 5) is 15.7. The van der Waals surface area contributed by atoms with E-state index in [-0.39, 0.29) is 19.0 Å². The summed E-state index contributed by atoms with van der Waals surface area (Å²) in [6.07, 6.45) is 0. The van der Waals surface area contributed by atoms with Crippen LogP contribution in [0, 0.1) is 13.8 Å². The van der Waals surface area contributed by atoms with E-state index in [0.29, 0.717) is 33.7 Å². The molecule has 0 unspecified atom stereocenters. The number of nitrogens with zero attached hydrogens (tertiary/aromatic N) is 2. The van der Waals surface area contributed by atoms with Gasteiger partial charge < -0.3 is 5.32 Å². The molecule has 1 fully saturated rings. The minimum atomic E-state index is -3.62. The van der Waals surface area contributed by atoms with Crippen LogP contribution < -0.4 is 5.32 Å². The number of sulfonamides is 1. The fourth-order valence-electron chi connectivity index (χ4n) is 4.23. The number of carbonyl (C=O) groups is 1. The largest absolute Gasteiger partial charge is 0.324 e. The molecule has 4 rings (SSSR count). The molecule has 184 valence electrons. The highest BCUT2D eigenvalue weighted by molar-refractivity contribution is 7.89. The molecular formula is C26H27Cl2N3O3S. The van der Waals surface area contributed by atoms with Crippen molar-refractivity contribution >= 4 is 44.8 Å². The first-order valence-corrected chi connectivity index (χ1v) is 13.5. The first-order chi connectivity index (χ1) is 16.6. The summed E-state index contributed by atoms with van der Waals surface area (Å²) in [5, 5.41) is 3.77. The number of hydrogen-bond acceptors (Lipinski definition) is 4. The van der Waals surface area contributed by atoms with Crippen LogP contribution >= 0.6 is 23.2 Å². The highest BCUT2D eigenvalue weighted by Crippen LogP contribution is 2.28. The summed E-state index contributed by atoms with van der Waals surface area (Å²) < 4.78 is 28.0. The van der Waals surface area contributed by atoms with Crippen molar-refractivity contribution in [1.29, 1.82) is 0 Å². The minimum absolute atomic E-state index is 0.236. The van der Waals surface area contributed by atoms with Gasteiger partial charge in [-0.05, 0) is 60.9 Å². The average molecular weight is 532 g/mol. The number of rotatable bonds is 6. The maximum Gasteiger partial charge on any atom is 0.246 e. The Balaban J connectivity index is 1.54. The number of nitrogens with one attached hydrogen (secondary N) is 1. The fraction of sp³-hybridized carbons (Fsp3) is 0.269. The maximum atomic E-state index is 13.4. The van der Waals surface area contributed by atoms with Crippen molar-refractivity contribution in [2.45, 2.75) is 24.8 Å². The van der Waals surface area contributed by atoms with Crippen LogP contribution in [0.4, 0.5) is 5.69 Å². The van der Waals surface area contributed by atoms with E-state index in [0.717, 1.165) is 16.7 Å². The molecule has 0 saturated carbocycles. The molecule has 0 spiro atoms. The number of anilines is 1. The van der Waals surface area contributed by atoms with Crippen LogP contribution in [-0.4, -0.2) is 49.7 Å². The summed E-state index contributed by atoms with van der Waals surface area (Å²) in [5.41, 5.74) is 3.31. The second-order valence-corrected chi connectivity index (χ2v) is 11.5. The minimum Gasteiger partial charge on any atom is -0.324 e. The molecule has 9 heteroatoms. The second kappa shape index (κ2) is 10.7. The van der Waals surface area contributed by atoms with Gasteiger partial charge in [0.2, 0.25) is 15.9 Å². The lowest BCUT2D eigenvalue weighted by molar-refractivity contribution is -0.122. The zero-order valence-corrected chi connectivity index (χ0v) is 21.9. The molecule has 0 aromatic heterocycles. The van der Waals surface area contributed by atoms with E-state index in [1.54, 1.807) is 30.3 Å². The van der Waals surface area contributed by atoms with E-state index in [1.807, 2.05) is 55.1 Å². The third-order valence-corrected chi connectivity index (χ3v) is 8.58. The van der Waals surface area contributed by atoms with Gasteiger partial charge in [0, 0.05) is 41.9 Å². The van der Waals surface area contributed by atoms with Crippen molar-refractivity contribution in [2.75, 3.05) is 31.5 Å². The van der Waals surface area contributed by atoms with E-state index < -0.39 is 16.1 Å². The lowest BCUT2D eigenvalue weighted by atomic mass is 10.0. The summed E-state index contributed by atoms with van der Waals surface area (Å²) in [5.74, 6) is -0.236. The van der Waals surface area contributed by atoms with Crippen LogP contribution in [0.1, 0.15) is 22.7 Å². The van der Waals surface area contributed by atoms with Crippen molar-refractivity contribution in [1.82, 2.24) is 9.21 Å². The summed E-state index contributed by atoms with van der Waals surface area (Å²) in [7, 11) is -3.62. The SMILES string of the molecule is Cc1ccc(S(=O)(=O)N2CCN([C@@H](C(=O)Nc3cc(Cl)cc(Cl)c3)c3ccccc3)CC2)cc1C. The van der Waals surface area contributed by atoms with Gasteiger partial charge >= 0.3 is 0 Å². The Morgan fingerprint density at radius 2 is 1.49 bits per heavy atom. The van der Waals surface area contributed by atoms with Crippen LogP contribution in [0.2, 0.25) is 10.0 Å². The van der Waals surface area contributed by atoms with E-state index >= 15 is 0 Å². The van der Waals surface area contributed by atoms with Crippen molar-refractivity contribution in [3.05, 3.63) is 93.5 Å². The number of aryl methyl sites for hydroxylation is 2. The zero-order valence-electron chi connectivity index (χ0n) is 19.5. The lowest BCUT2D eigenvalue weighted by Gasteiger charge is -2.38. The standard InChI is InChI=1S/C26H27Cl2N3O3S/c1-18-8-9-24(14-19(18)2)35(33,34)31-12-10-30(11-13-31)25(20-6-4-3-5-7-20)26(32)29-23-16-21(27)15-22(28)17-23/h3-9,14-17,25H,10-13H2,1-2H3,(H,29,32)/t25-/m1/s1.